The number of hydrogen-bond acceptors (Lipinski definition) is 9. The van der Waals surface area contributed by atoms with E-state index < -0.39 is 30.7 Å². The lowest BCUT2D eigenvalue weighted by molar-refractivity contribution is -0.310. The highest BCUT2D eigenvalue weighted by atomic mass is 127. The Morgan fingerprint density at radius 2 is 1.05 bits per heavy atom. The number of carbonyl (C=O) groups is 1. The van der Waals surface area contributed by atoms with E-state index in [1.807, 2.05) is 121 Å². The van der Waals surface area contributed by atoms with Crippen molar-refractivity contribution in [3.8, 4) is 17.2 Å². The minimum Gasteiger partial charge on any atom is -0.493 e. The molecule has 55 heavy (non-hydrogen) atoms. The quantitative estimate of drug-likeness (QED) is 0.0460. The monoisotopic (exact) mass is 856 g/mol. The summed E-state index contributed by atoms with van der Waals surface area (Å²) in [6.45, 7) is 1.39. The molecule has 0 amide bonds. The molecule has 9 nitrogen and oxygen atoms in total. The molecule has 5 aromatic rings. The Morgan fingerprint density at radius 1 is 0.618 bits per heavy atom. The Kier molecular flexibility index (Phi) is 15.3. The highest BCUT2D eigenvalue weighted by Gasteiger charge is 2.50. The smallest absolute Gasteiger partial charge is 0.229 e. The van der Waals surface area contributed by atoms with Gasteiger partial charge in [0.15, 0.2) is 11.5 Å². The van der Waals surface area contributed by atoms with Gasteiger partial charge in [0.2, 0.25) is 15.8 Å². The Labute approximate surface area is 336 Å². The zero-order chi connectivity index (χ0) is 38.2. The Hall–Kier alpha value is -4.56. The number of benzene rings is 5. The van der Waals surface area contributed by atoms with Crippen molar-refractivity contribution in [1.29, 1.82) is 0 Å². The van der Waals surface area contributed by atoms with E-state index in [0.29, 0.717) is 36.0 Å². The van der Waals surface area contributed by atoms with Gasteiger partial charge >= 0.3 is 0 Å². The van der Waals surface area contributed by atoms with E-state index in [1.165, 1.54) is 6.08 Å². The molecule has 0 aromatic heterocycles. The van der Waals surface area contributed by atoms with Crippen LogP contribution in [-0.2, 0) is 54.9 Å². The van der Waals surface area contributed by atoms with Crippen LogP contribution in [0, 0.1) is 0 Å². The van der Waals surface area contributed by atoms with E-state index in [1.54, 1.807) is 55.0 Å². The molecular formula is C45H45IO9. The maximum atomic E-state index is 11.7. The molecule has 0 saturated carbocycles. The van der Waals surface area contributed by atoms with E-state index >= 15 is 0 Å². The largest absolute Gasteiger partial charge is 0.493 e. The summed E-state index contributed by atoms with van der Waals surface area (Å²) in [6, 6.07) is 43.4. The van der Waals surface area contributed by atoms with Gasteiger partial charge < -0.3 is 37.9 Å². The molecule has 1 fully saturated rings. The topological polar surface area (TPSA) is 90.9 Å². The second kappa shape index (κ2) is 20.9. The van der Waals surface area contributed by atoms with Crippen LogP contribution in [0.2, 0.25) is 0 Å². The van der Waals surface area contributed by atoms with Crippen molar-refractivity contribution in [2.75, 3.05) is 20.8 Å². The van der Waals surface area contributed by atoms with Crippen LogP contribution in [0.3, 0.4) is 0 Å². The number of methoxy groups -OCH3 is 2. The van der Waals surface area contributed by atoms with Crippen LogP contribution in [0.5, 0.6) is 17.2 Å². The van der Waals surface area contributed by atoms with Gasteiger partial charge in [0.1, 0.15) is 24.4 Å². The molecule has 0 unspecified atom stereocenters. The van der Waals surface area contributed by atoms with Crippen LogP contribution in [0.15, 0.2) is 140 Å². The molecule has 1 saturated heterocycles. The van der Waals surface area contributed by atoms with Crippen molar-refractivity contribution in [2.45, 2.75) is 57.1 Å². The number of hydrogen-bond donors (Lipinski definition) is 0. The van der Waals surface area contributed by atoms with E-state index in [-0.39, 0.29) is 23.6 Å². The van der Waals surface area contributed by atoms with Crippen molar-refractivity contribution in [3.05, 3.63) is 167 Å². The van der Waals surface area contributed by atoms with Crippen LogP contribution in [0.25, 0.3) is 6.08 Å². The van der Waals surface area contributed by atoms with E-state index in [4.69, 9.17) is 37.9 Å². The molecule has 0 aliphatic carbocycles. The molecule has 5 aromatic carbocycles. The summed E-state index contributed by atoms with van der Waals surface area (Å²) in [7, 11) is 3.09. The summed E-state index contributed by atoms with van der Waals surface area (Å²) >= 11 is 1.72. The second-order valence-electron chi connectivity index (χ2n) is 12.8. The van der Waals surface area contributed by atoms with Crippen LogP contribution in [0.4, 0.5) is 0 Å². The van der Waals surface area contributed by atoms with Gasteiger partial charge in [0.05, 0.1) is 47.3 Å². The maximum absolute atomic E-state index is 11.7. The van der Waals surface area contributed by atoms with Crippen molar-refractivity contribution >= 4 is 32.5 Å². The van der Waals surface area contributed by atoms with Crippen molar-refractivity contribution in [3.63, 3.8) is 0 Å². The molecule has 286 valence electrons. The van der Waals surface area contributed by atoms with Crippen molar-refractivity contribution in [2.24, 2.45) is 0 Å². The highest BCUT2D eigenvalue weighted by molar-refractivity contribution is 14.1. The molecular weight excluding hydrogens is 811 g/mol. The van der Waals surface area contributed by atoms with Gasteiger partial charge in [0.25, 0.3) is 0 Å². The zero-order valence-electron chi connectivity index (χ0n) is 30.8. The fourth-order valence-electron chi connectivity index (χ4n) is 6.23. The lowest BCUT2D eigenvalue weighted by Crippen LogP contribution is -2.62. The maximum Gasteiger partial charge on any atom is 0.229 e. The van der Waals surface area contributed by atoms with E-state index in [9.17, 15) is 4.79 Å². The molecule has 0 bridgehead atoms. The first-order chi connectivity index (χ1) is 27.0. The summed E-state index contributed by atoms with van der Waals surface area (Å²) in [5.41, 5.74) is 4.68. The predicted octanol–water partition coefficient (Wildman–Crippen LogP) is 8.76. The van der Waals surface area contributed by atoms with Crippen LogP contribution in [0.1, 0.15) is 27.8 Å². The summed E-state index contributed by atoms with van der Waals surface area (Å²) in [5, 5.41) is 0. The Morgan fingerprint density at radius 3 is 1.51 bits per heavy atom. The van der Waals surface area contributed by atoms with Gasteiger partial charge in [-0.25, -0.2) is 0 Å². The fourth-order valence-corrected chi connectivity index (χ4v) is 6.41. The third kappa shape index (κ3) is 11.7. The van der Waals surface area contributed by atoms with Crippen molar-refractivity contribution < 1.29 is 42.7 Å². The second-order valence-corrected chi connectivity index (χ2v) is 13.9. The molecule has 0 N–H and O–H groups in total. The lowest BCUT2D eigenvalue weighted by atomic mass is 9.97. The molecule has 1 heterocycles. The lowest BCUT2D eigenvalue weighted by Gasteiger charge is -2.45. The molecule has 6 rings (SSSR count). The average Bonchev–Trinajstić information content (AvgIpc) is 3.23. The zero-order valence-corrected chi connectivity index (χ0v) is 33.0. The molecule has 1 aliphatic rings. The van der Waals surface area contributed by atoms with Gasteiger partial charge in [-0.2, -0.15) is 0 Å². The third-order valence-electron chi connectivity index (χ3n) is 8.96. The molecule has 1 aliphatic heterocycles. The van der Waals surface area contributed by atoms with Gasteiger partial charge in [-0.15, -0.1) is 0 Å². The van der Waals surface area contributed by atoms with Crippen LogP contribution >= 0.6 is 22.6 Å². The van der Waals surface area contributed by atoms with Gasteiger partial charge in [-0.3, -0.25) is 4.79 Å². The third-order valence-corrected chi connectivity index (χ3v) is 9.32. The molecule has 0 radical (unpaired) electrons. The van der Waals surface area contributed by atoms with Gasteiger partial charge in [-0.1, -0.05) is 127 Å². The van der Waals surface area contributed by atoms with Crippen LogP contribution in [-0.4, -0.2) is 55.3 Å². The molecule has 10 heteroatoms. The average molecular weight is 857 g/mol. The number of ether oxygens (including phenoxy) is 8. The number of allylic oxidation sites excluding steroid dienone is 1. The summed E-state index contributed by atoms with van der Waals surface area (Å²) in [6.07, 6.45) is -0.657. The van der Waals surface area contributed by atoms with Crippen molar-refractivity contribution in [1.82, 2.24) is 0 Å². The SMILES string of the molecule is COc1cc(/C=C/C(=O)I)cc(OC)c1O[C@@H]1O[C@H](COCc2ccccc2)[C@@H](OCc2ccccc2)[C@H](OCc2ccccc2)[C@H]1OCc1ccccc1. The first-order valence-electron chi connectivity index (χ1n) is 18.0. The first kappa shape index (κ1) is 40.1. The highest BCUT2D eigenvalue weighted by Crippen LogP contribution is 2.42. The molecule has 5 atom stereocenters. The van der Waals surface area contributed by atoms with E-state index in [0.717, 1.165) is 22.3 Å². The minimum atomic E-state index is -1.04. The van der Waals surface area contributed by atoms with Crippen LogP contribution < -0.4 is 14.2 Å². The predicted molar refractivity (Wildman–Crippen MR) is 218 cm³/mol. The fraction of sp³-hybridized carbons (Fsp3) is 0.267. The molecule has 0 spiro atoms. The Balaban J connectivity index is 1.39. The number of carbonyl (C=O) groups excluding carboxylic acids is 1. The Bertz CT molecular complexity index is 1900. The van der Waals surface area contributed by atoms with Gasteiger partial charge in [0, 0.05) is 22.6 Å². The van der Waals surface area contributed by atoms with Gasteiger partial charge in [-0.05, 0) is 46.0 Å². The standard InChI is InChI=1S/C45H45IO9/c1-48-37-25-36(23-24-40(46)47)26-38(49-2)41(37)55-45-44(53-30-35-21-13-6-14-22-35)43(52-29-34-19-11-5-12-20-34)42(51-28-33-17-9-4-10-18-33)39(54-45)31-50-27-32-15-7-3-8-16-32/h3-26,39,42-45H,27-31H2,1-2H3/b24-23+/t39-,42-,43+,44-,45+/m1/s1. The summed E-state index contributed by atoms with van der Waals surface area (Å²) < 4.78 is 51.9. The van der Waals surface area contributed by atoms with E-state index in [2.05, 4.69) is 0 Å². The minimum absolute atomic E-state index is 0.115. The first-order valence-corrected chi connectivity index (χ1v) is 19.1. The number of rotatable bonds is 19. The summed E-state index contributed by atoms with van der Waals surface area (Å²) in [4.78, 5) is 11.7. The summed E-state index contributed by atoms with van der Waals surface area (Å²) in [5.74, 6) is 1.06. The number of halogens is 1. The normalized spacial score (nSPS) is 19.6.